The molecule has 0 aromatic heterocycles. The van der Waals surface area contributed by atoms with Crippen molar-refractivity contribution in [2.75, 3.05) is 27.2 Å². The van der Waals surface area contributed by atoms with Crippen LogP contribution in [0.5, 0.6) is 5.75 Å². The van der Waals surface area contributed by atoms with Gasteiger partial charge in [0.25, 0.3) is 0 Å². The van der Waals surface area contributed by atoms with Crippen molar-refractivity contribution in [3.8, 4) is 5.75 Å². The molecule has 0 heterocycles. The van der Waals surface area contributed by atoms with Crippen LogP contribution in [-0.2, 0) is 6.42 Å². The maximum Gasteiger partial charge on any atom is 0.317 e. The maximum atomic E-state index is 11.8. The number of aliphatic hydroxyl groups is 1. The largest absolute Gasteiger partial charge is 0.496 e. The number of para-hydroxylation sites is 1. The highest BCUT2D eigenvalue weighted by Gasteiger charge is 2.09. The van der Waals surface area contributed by atoms with E-state index in [1.165, 1.54) is 0 Å². The summed E-state index contributed by atoms with van der Waals surface area (Å²) in [5, 5.41) is 12.0. The number of nitrogens with zero attached hydrogens (tertiary/aromatic N) is 1. The van der Waals surface area contributed by atoms with Crippen LogP contribution in [0.2, 0.25) is 0 Å². The van der Waals surface area contributed by atoms with E-state index >= 15 is 0 Å². The summed E-state index contributed by atoms with van der Waals surface area (Å²) in [6.45, 7) is 2.81. The molecule has 1 atom stereocenters. The summed E-state index contributed by atoms with van der Waals surface area (Å²) in [5.41, 5.74) is 1.07. The molecule has 0 aliphatic carbocycles. The Balaban J connectivity index is 2.34. The second kappa shape index (κ2) is 8.43. The molecule has 0 bridgehead atoms. The van der Waals surface area contributed by atoms with E-state index in [9.17, 15) is 9.90 Å². The van der Waals surface area contributed by atoms with Crippen LogP contribution in [0.1, 0.15) is 18.9 Å². The van der Waals surface area contributed by atoms with Gasteiger partial charge in [-0.3, -0.25) is 0 Å². The lowest BCUT2D eigenvalue weighted by molar-refractivity contribution is 0.163. The van der Waals surface area contributed by atoms with Gasteiger partial charge < -0.3 is 20.1 Å². The van der Waals surface area contributed by atoms with Crippen LogP contribution in [0.3, 0.4) is 0 Å². The molecule has 0 aliphatic rings. The van der Waals surface area contributed by atoms with Crippen molar-refractivity contribution in [2.24, 2.45) is 0 Å². The minimum atomic E-state index is -0.390. The molecule has 2 N–H and O–H groups in total. The van der Waals surface area contributed by atoms with E-state index in [2.05, 4.69) is 5.32 Å². The molecule has 20 heavy (non-hydrogen) atoms. The van der Waals surface area contributed by atoms with Gasteiger partial charge >= 0.3 is 6.03 Å². The first-order valence-electron chi connectivity index (χ1n) is 6.83. The lowest BCUT2D eigenvalue weighted by Gasteiger charge is -2.18. The average Bonchev–Trinajstić information content (AvgIpc) is 2.45. The molecular formula is C15H24N2O3. The Morgan fingerprint density at radius 3 is 2.80 bits per heavy atom. The van der Waals surface area contributed by atoms with E-state index in [1.54, 1.807) is 26.0 Å². The predicted octanol–water partition coefficient (Wildman–Crippen LogP) is 1.65. The van der Waals surface area contributed by atoms with Gasteiger partial charge in [0.15, 0.2) is 0 Å². The number of nitrogens with one attached hydrogen (secondary N) is 1. The fourth-order valence-electron chi connectivity index (χ4n) is 1.83. The van der Waals surface area contributed by atoms with E-state index in [1.807, 2.05) is 24.3 Å². The zero-order valence-corrected chi connectivity index (χ0v) is 12.4. The third-order valence-electron chi connectivity index (χ3n) is 3.09. The number of hydrogen-bond donors (Lipinski definition) is 2. The fraction of sp³-hybridized carbons (Fsp3) is 0.533. The predicted molar refractivity (Wildman–Crippen MR) is 79.0 cm³/mol. The SMILES string of the molecule is COc1ccccc1CCNC(=O)N(C)CCC(C)O. The van der Waals surface area contributed by atoms with Gasteiger partial charge in [0.05, 0.1) is 13.2 Å². The summed E-state index contributed by atoms with van der Waals surface area (Å²) in [5.74, 6) is 0.837. The van der Waals surface area contributed by atoms with Crippen molar-refractivity contribution in [3.63, 3.8) is 0 Å². The number of hydrogen-bond acceptors (Lipinski definition) is 3. The fourth-order valence-corrected chi connectivity index (χ4v) is 1.83. The second-order valence-electron chi connectivity index (χ2n) is 4.85. The van der Waals surface area contributed by atoms with Crippen molar-refractivity contribution in [2.45, 2.75) is 25.9 Å². The van der Waals surface area contributed by atoms with Crippen LogP contribution in [0.25, 0.3) is 0 Å². The second-order valence-corrected chi connectivity index (χ2v) is 4.85. The van der Waals surface area contributed by atoms with Gasteiger partial charge in [-0.2, -0.15) is 0 Å². The number of methoxy groups -OCH3 is 1. The molecule has 0 fully saturated rings. The van der Waals surface area contributed by atoms with Gasteiger partial charge in [-0.1, -0.05) is 18.2 Å². The van der Waals surface area contributed by atoms with Gasteiger partial charge in [-0.25, -0.2) is 4.79 Å². The Morgan fingerprint density at radius 2 is 2.15 bits per heavy atom. The molecule has 1 aromatic carbocycles. The van der Waals surface area contributed by atoms with Crippen molar-refractivity contribution in [1.29, 1.82) is 0 Å². The Labute approximate surface area is 120 Å². The highest BCUT2D eigenvalue weighted by molar-refractivity contribution is 5.73. The number of aliphatic hydroxyl groups excluding tert-OH is 1. The molecule has 0 aliphatic heterocycles. The molecule has 5 nitrogen and oxygen atoms in total. The summed E-state index contributed by atoms with van der Waals surface area (Å²) < 4.78 is 5.26. The third kappa shape index (κ3) is 5.48. The van der Waals surface area contributed by atoms with E-state index in [0.29, 0.717) is 19.5 Å². The number of ether oxygens (including phenoxy) is 1. The molecule has 0 spiro atoms. The Morgan fingerprint density at radius 1 is 1.45 bits per heavy atom. The highest BCUT2D eigenvalue weighted by atomic mass is 16.5. The number of benzene rings is 1. The van der Waals surface area contributed by atoms with Crippen LogP contribution < -0.4 is 10.1 Å². The van der Waals surface area contributed by atoms with Gasteiger partial charge in [-0.05, 0) is 31.4 Å². The molecule has 5 heteroatoms. The average molecular weight is 280 g/mol. The molecule has 0 saturated carbocycles. The summed E-state index contributed by atoms with van der Waals surface area (Å²) >= 11 is 0. The van der Waals surface area contributed by atoms with Crippen LogP contribution in [0.4, 0.5) is 4.79 Å². The number of carbonyl (C=O) groups excluding carboxylic acids is 1. The van der Waals surface area contributed by atoms with E-state index < -0.39 is 0 Å². The first kappa shape index (κ1) is 16.3. The summed E-state index contributed by atoms with van der Waals surface area (Å²) in [6.07, 6.45) is 0.912. The monoisotopic (exact) mass is 280 g/mol. The number of rotatable bonds is 7. The molecule has 112 valence electrons. The molecule has 0 saturated heterocycles. The summed E-state index contributed by atoms with van der Waals surface area (Å²) in [4.78, 5) is 13.4. The number of carbonyl (C=O) groups is 1. The molecule has 1 rings (SSSR count). The van der Waals surface area contributed by atoms with Gasteiger partial charge in [0, 0.05) is 20.1 Å². The zero-order chi connectivity index (χ0) is 15.0. The zero-order valence-electron chi connectivity index (χ0n) is 12.4. The molecule has 0 radical (unpaired) electrons. The molecule has 1 aromatic rings. The van der Waals surface area contributed by atoms with Crippen LogP contribution in [0.15, 0.2) is 24.3 Å². The van der Waals surface area contributed by atoms with Gasteiger partial charge in [0.2, 0.25) is 0 Å². The summed E-state index contributed by atoms with van der Waals surface area (Å²) in [7, 11) is 3.36. The maximum absolute atomic E-state index is 11.8. The molecule has 2 amide bonds. The van der Waals surface area contributed by atoms with Crippen molar-refractivity contribution in [3.05, 3.63) is 29.8 Å². The standard InChI is InChI=1S/C15H24N2O3/c1-12(18)9-11-17(2)15(19)16-10-8-13-6-4-5-7-14(13)20-3/h4-7,12,18H,8-11H2,1-3H3,(H,16,19). The first-order valence-corrected chi connectivity index (χ1v) is 6.83. The lowest BCUT2D eigenvalue weighted by Crippen LogP contribution is -2.39. The van der Waals surface area contributed by atoms with Gasteiger partial charge in [0.1, 0.15) is 5.75 Å². The van der Waals surface area contributed by atoms with E-state index in [-0.39, 0.29) is 12.1 Å². The quantitative estimate of drug-likeness (QED) is 0.798. The Kier molecular flexibility index (Phi) is 6.87. The molecular weight excluding hydrogens is 256 g/mol. The lowest BCUT2D eigenvalue weighted by atomic mass is 10.1. The smallest absolute Gasteiger partial charge is 0.317 e. The van der Waals surface area contributed by atoms with Crippen molar-refractivity contribution in [1.82, 2.24) is 10.2 Å². The van der Waals surface area contributed by atoms with Crippen LogP contribution >= 0.6 is 0 Å². The highest BCUT2D eigenvalue weighted by Crippen LogP contribution is 2.17. The van der Waals surface area contributed by atoms with E-state index in [4.69, 9.17) is 4.74 Å². The first-order chi connectivity index (χ1) is 9.54. The topological polar surface area (TPSA) is 61.8 Å². The minimum absolute atomic E-state index is 0.124. The number of urea groups is 1. The summed E-state index contributed by atoms with van der Waals surface area (Å²) in [6, 6.07) is 7.65. The Hall–Kier alpha value is -1.75. The van der Waals surface area contributed by atoms with Crippen molar-refractivity contribution >= 4 is 6.03 Å². The normalized spacial score (nSPS) is 11.8. The van der Waals surface area contributed by atoms with Crippen LogP contribution in [-0.4, -0.2) is 49.4 Å². The minimum Gasteiger partial charge on any atom is -0.496 e. The molecule has 1 unspecified atom stereocenters. The third-order valence-corrected chi connectivity index (χ3v) is 3.09. The van der Waals surface area contributed by atoms with Crippen molar-refractivity contribution < 1.29 is 14.6 Å². The van der Waals surface area contributed by atoms with Gasteiger partial charge in [-0.15, -0.1) is 0 Å². The van der Waals surface area contributed by atoms with Crippen LogP contribution in [0, 0.1) is 0 Å². The Bertz CT molecular complexity index is 421. The number of amides is 2. The van der Waals surface area contributed by atoms with E-state index in [0.717, 1.165) is 17.7 Å².